The van der Waals surface area contributed by atoms with Gasteiger partial charge in [0.15, 0.2) is 0 Å². The summed E-state index contributed by atoms with van der Waals surface area (Å²) in [7, 11) is 0. The Labute approximate surface area is 177 Å². The molecule has 1 saturated heterocycles. The van der Waals surface area contributed by atoms with Crippen LogP contribution in [-0.4, -0.2) is 37.1 Å². The maximum Gasteiger partial charge on any atom is 0.418 e. The van der Waals surface area contributed by atoms with E-state index in [0.717, 1.165) is 18.2 Å². The van der Waals surface area contributed by atoms with Gasteiger partial charge in [-0.3, -0.25) is 14.9 Å². The third kappa shape index (κ3) is 4.96. The molecule has 3 rings (SSSR count). The van der Waals surface area contributed by atoms with E-state index in [1.807, 2.05) is 0 Å². The van der Waals surface area contributed by atoms with Gasteiger partial charge in [0.25, 0.3) is 11.6 Å². The Bertz CT molecular complexity index is 946. The molecule has 0 aliphatic carbocycles. The van der Waals surface area contributed by atoms with Crippen LogP contribution >= 0.6 is 22.6 Å². The second-order valence-corrected chi connectivity index (χ2v) is 7.45. The lowest BCUT2D eigenvalue weighted by molar-refractivity contribution is -0.384. The lowest BCUT2D eigenvalue weighted by atomic mass is 10.1. The molecule has 0 spiro atoms. The molecule has 11 heteroatoms. The first kappa shape index (κ1) is 21.3. The molecule has 0 aromatic heterocycles. The van der Waals surface area contributed by atoms with Crippen molar-refractivity contribution >= 4 is 45.6 Å². The first-order chi connectivity index (χ1) is 13.7. The average Bonchev–Trinajstić information content (AvgIpc) is 2.68. The molecule has 1 amide bonds. The summed E-state index contributed by atoms with van der Waals surface area (Å²) in [6, 6.07) is 7.35. The maximum atomic E-state index is 13.3. The summed E-state index contributed by atoms with van der Waals surface area (Å²) >= 11 is 1.74. The first-order valence-corrected chi connectivity index (χ1v) is 9.54. The Hall–Kier alpha value is -2.41. The van der Waals surface area contributed by atoms with Gasteiger partial charge in [-0.2, -0.15) is 13.2 Å². The molecule has 1 N–H and O–H groups in total. The Kier molecular flexibility index (Phi) is 6.27. The number of nitrogens with zero attached hydrogens (tertiary/aromatic N) is 2. The number of ether oxygens (including phenoxy) is 1. The summed E-state index contributed by atoms with van der Waals surface area (Å²) in [5.74, 6) is -0.867. The second-order valence-electron chi connectivity index (χ2n) is 6.20. The fourth-order valence-electron chi connectivity index (χ4n) is 2.94. The van der Waals surface area contributed by atoms with Gasteiger partial charge >= 0.3 is 6.18 Å². The molecule has 7 nitrogen and oxygen atoms in total. The van der Waals surface area contributed by atoms with Crippen molar-refractivity contribution in [3.8, 4) is 0 Å². The molecule has 0 atom stereocenters. The molecular formula is C18H15F3IN3O4. The fraction of sp³-hybridized carbons (Fsp3) is 0.278. The highest BCUT2D eigenvalue weighted by Crippen LogP contribution is 2.36. The molecule has 1 aliphatic rings. The summed E-state index contributed by atoms with van der Waals surface area (Å²) in [5, 5.41) is 13.7. The number of hydrogen-bond acceptors (Lipinski definition) is 5. The van der Waals surface area contributed by atoms with Gasteiger partial charge in [-0.05, 0) is 52.9 Å². The van der Waals surface area contributed by atoms with E-state index in [-0.39, 0.29) is 11.3 Å². The van der Waals surface area contributed by atoms with Crippen LogP contribution in [0.15, 0.2) is 36.4 Å². The molecular weight excluding hydrogens is 506 g/mol. The van der Waals surface area contributed by atoms with Gasteiger partial charge in [-0.1, -0.05) is 0 Å². The molecule has 1 aliphatic heterocycles. The van der Waals surface area contributed by atoms with E-state index in [4.69, 9.17) is 4.74 Å². The van der Waals surface area contributed by atoms with Gasteiger partial charge in [0.05, 0.1) is 29.4 Å². The number of nitro groups is 1. The number of hydrogen-bond donors (Lipinski definition) is 1. The van der Waals surface area contributed by atoms with Crippen LogP contribution in [0.1, 0.15) is 15.9 Å². The molecule has 0 radical (unpaired) electrons. The van der Waals surface area contributed by atoms with E-state index in [0.29, 0.717) is 35.6 Å². The van der Waals surface area contributed by atoms with E-state index in [9.17, 15) is 28.1 Å². The van der Waals surface area contributed by atoms with Crippen molar-refractivity contribution in [1.29, 1.82) is 0 Å². The SMILES string of the molecule is O=C(Nc1ccc(I)cc1C(F)(F)F)c1ccc(N2CCOCC2)c([N+](=O)[O-])c1. The van der Waals surface area contributed by atoms with Gasteiger partial charge in [0.2, 0.25) is 0 Å². The van der Waals surface area contributed by atoms with Crippen molar-refractivity contribution in [2.45, 2.75) is 6.18 Å². The van der Waals surface area contributed by atoms with E-state index < -0.39 is 28.3 Å². The third-order valence-corrected chi connectivity index (χ3v) is 4.99. The van der Waals surface area contributed by atoms with E-state index >= 15 is 0 Å². The standard InChI is InChI=1S/C18H15F3IN3O4/c19-18(20,21)13-10-12(22)2-3-14(13)23-17(26)11-1-4-15(16(9-11)25(27)28)24-5-7-29-8-6-24/h1-4,9-10H,5-8H2,(H,23,26). The quantitative estimate of drug-likeness (QED) is 0.369. The van der Waals surface area contributed by atoms with Crippen LogP contribution in [0.3, 0.4) is 0 Å². The predicted molar refractivity (Wildman–Crippen MR) is 108 cm³/mol. The Morgan fingerprint density at radius 2 is 1.86 bits per heavy atom. The van der Waals surface area contributed by atoms with Crippen molar-refractivity contribution in [2.24, 2.45) is 0 Å². The fourth-order valence-corrected chi connectivity index (χ4v) is 3.43. The smallest absolute Gasteiger partial charge is 0.378 e. The number of carbonyl (C=O) groups is 1. The summed E-state index contributed by atoms with van der Waals surface area (Å²) in [6.45, 7) is 1.77. The van der Waals surface area contributed by atoms with Crippen molar-refractivity contribution in [2.75, 3.05) is 36.5 Å². The van der Waals surface area contributed by atoms with Crippen LogP contribution in [0.4, 0.5) is 30.2 Å². The Balaban J connectivity index is 1.90. The lowest BCUT2D eigenvalue weighted by Crippen LogP contribution is -2.36. The highest BCUT2D eigenvalue weighted by atomic mass is 127. The van der Waals surface area contributed by atoms with Crippen molar-refractivity contribution in [3.63, 3.8) is 0 Å². The van der Waals surface area contributed by atoms with Gasteiger partial charge in [-0.25, -0.2) is 0 Å². The maximum absolute atomic E-state index is 13.3. The molecule has 29 heavy (non-hydrogen) atoms. The number of amides is 1. The van der Waals surface area contributed by atoms with Gasteiger partial charge in [-0.15, -0.1) is 0 Å². The summed E-state index contributed by atoms with van der Waals surface area (Å²) in [4.78, 5) is 25.1. The molecule has 154 valence electrons. The van der Waals surface area contributed by atoms with Gasteiger partial charge in [0, 0.05) is 28.3 Å². The van der Waals surface area contributed by atoms with Crippen molar-refractivity contribution in [1.82, 2.24) is 0 Å². The third-order valence-electron chi connectivity index (χ3n) is 4.32. The van der Waals surface area contributed by atoms with Crippen molar-refractivity contribution in [3.05, 3.63) is 61.2 Å². The summed E-state index contributed by atoms with van der Waals surface area (Å²) in [6.07, 6.45) is -4.66. The first-order valence-electron chi connectivity index (χ1n) is 8.46. The largest absolute Gasteiger partial charge is 0.418 e. The number of halogens is 4. The minimum atomic E-state index is -4.66. The van der Waals surface area contributed by atoms with Crippen LogP contribution in [0.2, 0.25) is 0 Å². The Morgan fingerprint density at radius 1 is 1.17 bits per heavy atom. The van der Waals surface area contributed by atoms with E-state index in [2.05, 4.69) is 5.32 Å². The number of alkyl halides is 3. The number of nitrogens with one attached hydrogen (secondary N) is 1. The minimum absolute atomic E-state index is 0.111. The van der Waals surface area contributed by atoms with Gasteiger partial charge < -0.3 is 15.0 Å². The number of morpholine rings is 1. The van der Waals surface area contributed by atoms with Crippen LogP contribution in [0.5, 0.6) is 0 Å². The Morgan fingerprint density at radius 3 is 2.48 bits per heavy atom. The second kappa shape index (κ2) is 8.53. The topological polar surface area (TPSA) is 84.7 Å². The van der Waals surface area contributed by atoms with Crippen molar-refractivity contribution < 1.29 is 27.6 Å². The summed E-state index contributed by atoms with van der Waals surface area (Å²) < 4.78 is 45.3. The molecule has 1 fully saturated rings. The number of benzene rings is 2. The highest BCUT2D eigenvalue weighted by molar-refractivity contribution is 14.1. The van der Waals surface area contributed by atoms with Crippen LogP contribution in [-0.2, 0) is 10.9 Å². The number of carbonyl (C=O) groups excluding carboxylic acids is 1. The number of rotatable bonds is 4. The normalized spacial score (nSPS) is 14.6. The molecule has 0 bridgehead atoms. The molecule has 0 saturated carbocycles. The van der Waals surface area contributed by atoms with E-state index in [1.54, 1.807) is 27.5 Å². The molecule has 2 aromatic rings. The molecule has 2 aromatic carbocycles. The molecule has 0 unspecified atom stereocenters. The summed E-state index contributed by atoms with van der Waals surface area (Å²) in [5.41, 5.74) is -1.47. The minimum Gasteiger partial charge on any atom is -0.378 e. The number of nitro benzene ring substituents is 1. The zero-order chi connectivity index (χ0) is 21.2. The van der Waals surface area contributed by atoms with Crippen LogP contribution < -0.4 is 10.2 Å². The van der Waals surface area contributed by atoms with Gasteiger partial charge in [0.1, 0.15) is 5.69 Å². The highest BCUT2D eigenvalue weighted by Gasteiger charge is 2.34. The zero-order valence-corrected chi connectivity index (χ0v) is 17.0. The zero-order valence-electron chi connectivity index (χ0n) is 14.8. The monoisotopic (exact) mass is 521 g/mol. The van der Waals surface area contributed by atoms with Crippen LogP contribution in [0.25, 0.3) is 0 Å². The number of anilines is 2. The average molecular weight is 521 g/mol. The van der Waals surface area contributed by atoms with Crippen LogP contribution in [0, 0.1) is 13.7 Å². The predicted octanol–water partition coefficient (Wildman–Crippen LogP) is 4.31. The van der Waals surface area contributed by atoms with E-state index in [1.165, 1.54) is 18.2 Å². The lowest BCUT2D eigenvalue weighted by Gasteiger charge is -2.28. The molecule has 1 heterocycles.